The van der Waals surface area contributed by atoms with Gasteiger partial charge < -0.3 is 9.84 Å². The fourth-order valence-corrected chi connectivity index (χ4v) is 3.60. The molecule has 0 saturated carbocycles. The smallest absolute Gasteiger partial charge is 0.304 e. The Morgan fingerprint density at radius 3 is 2.67 bits per heavy atom. The second-order valence-electron chi connectivity index (χ2n) is 4.09. The lowest BCUT2D eigenvalue weighted by Crippen LogP contribution is -2.36. The van der Waals surface area contributed by atoms with Crippen molar-refractivity contribution in [2.24, 2.45) is 0 Å². The maximum absolute atomic E-state index is 14.0. The van der Waals surface area contributed by atoms with Crippen molar-refractivity contribution in [1.82, 2.24) is 4.31 Å². The molecule has 0 spiro atoms. The van der Waals surface area contributed by atoms with Gasteiger partial charge in [-0.1, -0.05) is 6.07 Å². The Morgan fingerprint density at radius 1 is 1.43 bits per heavy atom. The zero-order chi connectivity index (χ0) is 16.0. The van der Waals surface area contributed by atoms with Crippen LogP contribution in [0.5, 0.6) is 0 Å². The van der Waals surface area contributed by atoms with Crippen molar-refractivity contribution in [1.29, 1.82) is 0 Å². The van der Waals surface area contributed by atoms with E-state index in [0.29, 0.717) is 0 Å². The molecule has 1 rings (SSSR count). The normalized spacial score (nSPS) is 11.8. The number of methoxy groups -OCH3 is 1. The van der Waals surface area contributed by atoms with E-state index in [9.17, 15) is 17.6 Å². The van der Waals surface area contributed by atoms with E-state index in [1.54, 1.807) is 0 Å². The molecule has 0 aliphatic carbocycles. The average Bonchev–Trinajstić information content (AvgIpc) is 2.41. The maximum atomic E-state index is 14.0. The van der Waals surface area contributed by atoms with Gasteiger partial charge in [-0.2, -0.15) is 4.31 Å². The van der Waals surface area contributed by atoms with Crippen molar-refractivity contribution in [3.05, 3.63) is 28.5 Å². The predicted octanol–water partition coefficient (Wildman–Crippen LogP) is 1.70. The van der Waals surface area contributed by atoms with Crippen LogP contribution in [0.1, 0.15) is 6.42 Å². The van der Waals surface area contributed by atoms with Crippen molar-refractivity contribution in [3.8, 4) is 0 Å². The van der Waals surface area contributed by atoms with Crippen LogP contribution in [-0.2, 0) is 19.6 Å². The zero-order valence-electron chi connectivity index (χ0n) is 11.3. The number of benzene rings is 1. The number of nitrogens with zero attached hydrogens (tertiary/aromatic N) is 1. The summed E-state index contributed by atoms with van der Waals surface area (Å²) in [6, 6.07) is 3.91. The van der Waals surface area contributed by atoms with Crippen LogP contribution in [-0.4, -0.2) is 50.6 Å². The molecule has 1 aromatic rings. The number of carbonyl (C=O) groups is 1. The van der Waals surface area contributed by atoms with Gasteiger partial charge in [-0.25, -0.2) is 12.8 Å². The van der Waals surface area contributed by atoms with Gasteiger partial charge >= 0.3 is 5.97 Å². The molecule has 9 heteroatoms. The average molecular weight is 384 g/mol. The summed E-state index contributed by atoms with van der Waals surface area (Å²) in [4.78, 5) is 10.1. The van der Waals surface area contributed by atoms with Crippen LogP contribution in [0.4, 0.5) is 4.39 Å². The molecule has 0 radical (unpaired) electrons. The van der Waals surface area contributed by atoms with Gasteiger partial charge in [-0.15, -0.1) is 0 Å². The lowest BCUT2D eigenvalue weighted by atomic mass is 10.3. The molecule has 118 valence electrons. The van der Waals surface area contributed by atoms with Crippen molar-refractivity contribution < 1.29 is 27.4 Å². The molecular weight excluding hydrogens is 369 g/mol. The summed E-state index contributed by atoms with van der Waals surface area (Å²) in [5.74, 6) is -2.04. The Labute approximate surface area is 130 Å². The monoisotopic (exact) mass is 383 g/mol. The summed E-state index contributed by atoms with van der Waals surface area (Å²) in [7, 11) is -2.75. The van der Waals surface area contributed by atoms with Crippen LogP contribution >= 0.6 is 15.9 Å². The van der Waals surface area contributed by atoms with Crippen LogP contribution < -0.4 is 0 Å². The third kappa shape index (κ3) is 4.73. The minimum absolute atomic E-state index is 0.0218. The Morgan fingerprint density at radius 2 is 2.10 bits per heavy atom. The van der Waals surface area contributed by atoms with Crippen LogP contribution in [0, 0.1) is 5.82 Å². The highest BCUT2D eigenvalue weighted by Gasteiger charge is 2.28. The SMILES string of the molecule is COCCN(CCC(=O)O)S(=O)(=O)c1cccc(Br)c1F. The minimum Gasteiger partial charge on any atom is -0.481 e. The Kier molecular flexibility index (Phi) is 6.72. The molecule has 0 heterocycles. The van der Waals surface area contributed by atoms with Gasteiger partial charge in [-0.3, -0.25) is 4.79 Å². The number of sulfonamides is 1. The molecule has 0 aromatic heterocycles. The largest absolute Gasteiger partial charge is 0.481 e. The topological polar surface area (TPSA) is 83.9 Å². The summed E-state index contributed by atoms with van der Waals surface area (Å²) in [6.07, 6.45) is -0.376. The second-order valence-corrected chi connectivity index (χ2v) is 6.85. The molecule has 0 bridgehead atoms. The zero-order valence-corrected chi connectivity index (χ0v) is 13.7. The maximum Gasteiger partial charge on any atom is 0.304 e. The quantitative estimate of drug-likeness (QED) is 0.738. The van der Waals surface area contributed by atoms with Gasteiger partial charge in [0.1, 0.15) is 4.90 Å². The number of rotatable bonds is 8. The molecule has 0 aliphatic rings. The number of ether oxygens (including phenoxy) is 1. The number of aliphatic carboxylic acids is 1. The van der Waals surface area contributed by atoms with Crippen molar-refractivity contribution in [3.63, 3.8) is 0 Å². The van der Waals surface area contributed by atoms with Crippen LogP contribution in [0.3, 0.4) is 0 Å². The minimum atomic E-state index is -4.14. The van der Waals surface area contributed by atoms with Crippen LogP contribution in [0.15, 0.2) is 27.6 Å². The van der Waals surface area contributed by atoms with Crippen molar-refractivity contribution in [2.75, 3.05) is 26.8 Å². The predicted molar refractivity (Wildman–Crippen MR) is 77.0 cm³/mol. The molecule has 0 aliphatic heterocycles. The lowest BCUT2D eigenvalue weighted by Gasteiger charge is -2.21. The van der Waals surface area contributed by atoms with Gasteiger partial charge in [0.2, 0.25) is 10.0 Å². The number of hydrogen-bond donors (Lipinski definition) is 1. The lowest BCUT2D eigenvalue weighted by molar-refractivity contribution is -0.137. The standard InChI is InChI=1S/C12H15BrFNO5S/c1-20-8-7-15(6-5-11(16)17)21(18,19)10-4-2-3-9(13)12(10)14/h2-4H,5-8H2,1H3,(H,16,17). The number of carboxylic acids is 1. The fourth-order valence-electron chi connectivity index (χ4n) is 1.59. The molecular formula is C12H15BrFNO5S. The molecule has 1 aromatic carbocycles. The highest BCUT2D eigenvalue weighted by Crippen LogP contribution is 2.25. The molecule has 0 saturated heterocycles. The van der Waals surface area contributed by atoms with E-state index in [-0.39, 0.29) is 30.6 Å². The van der Waals surface area contributed by atoms with E-state index in [2.05, 4.69) is 15.9 Å². The highest BCUT2D eigenvalue weighted by molar-refractivity contribution is 9.10. The first-order valence-corrected chi connectivity index (χ1v) is 8.19. The first kappa shape index (κ1) is 18.0. The summed E-state index contributed by atoms with van der Waals surface area (Å²) in [5, 5.41) is 8.69. The summed E-state index contributed by atoms with van der Waals surface area (Å²) in [6.45, 7) is -0.237. The molecule has 0 atom stereocenters. The Bertz CT molecular complexity index is 608. The van der Waals surface area contributed by atoms with Gasteiger partial charge in [0, 0.05) is 20.2 Å². The van der Waals surface area contributed by atoms with Gasteiger partial charge in [-0.05, 0) is 28.1 Å². The number of carboxylic acid groups (broad SMARTS) is 1. The third-order valence-corrected chi connectivity index (χ3v) is 5.18. The second kappa shape index (κ2) is 7.83. The third-order valence-electron chi connectivity index (χ3n) is 2.65. The van der Waals surface area contributed by atoms with Crippen LogP contribution in [0.25, 0.3) is 0 Å². The number of halogens is 2. The molecule has 0 unspecified atom stereocenters. The molecule has 0 amide bonds. The first-order valence-electron chi connectivity index (χ1n) is 5.95. The van der Waals surface area contributed by atoms with Crippen molar-refractivity contribution >= 4 is 31.9 Å². The summed E-state index contributed by atoms with van der Waals surface area (Å²) in [5.41, 5.74) is 0. The van der Waals surface area contributed by atoms with Gasteiger partial charge in [0.15, 0.2) is 5.82 Å². The van der Waals surface area contributed by atoms with E-state index in [4.69, 9.17) is 9.84 Å². The molecule has 1 N–H and O–H groups in total. The first-order chi connectivity index (χ1) is 9.80. The molecule has 6 nitrogen and oxygen atoms in total. The summed E-state index contributed by atoms with van der Waals surface area (Å²) < 4.78 is 44.6. The van der Waals surface area contributed by atoms with Crippen molar-refractivity contribution in [2.45, 2.75) is 11.3 Å². The Hall–Kier alpha value is -1.03. The number of hydrogen-bond acceptors (Lipinski definition) is 4. The van der Waals surface area contributed by atoms with E-state index in [0.717, 1.165) is 10.4 Å². The summed E-state index contributed by atoms with van der Waals surface area (Å²) >= 11 is 2.93. The van der Waals surface area contributed by atoms with Gasteiger partial charge in [0.25, 0.3) is 0 Å². The molecule has 21 heavy (non-hydrogen) atoms. The Balaban J connectivity index is 3.13. The van der Waals surface area contributed by atoms with E-state index >= 15 is 0 Å². The molecule has 0 fully saturated rings. The van der Waals surface area contributed by atoms with E-state index < -0.39 is 26.7 Å². The van der Waals surface area contributed by atoms with E-state index in [1.165, 1.54) is 19.2 Å². The van der Waals surface area contributed by atoms with E-state index in [1.807, 2.05) is 0 Å². The van der Waals surface area contributed by atoms with Crippen LogP contribution in [0.2, 0.25) is 0 Å². The van der Waals surface area contributed by atoms with Gasteiger partial charge in [0.05, 0.1) is 17.5 Å². The highest BCUT2D eigenvalue weighted by atomic mass is 79.9. The fraction of sp³-hybridized carbons (Fsp3) is 0.417.